The molecule has 0 bridgehead atoms. The molecule has 2 heterocycles. The highest BCUT2D eigenvalue weighted by Crippen LogP contribution is 2.18. The van der Waals surface area contributed by atoms with E-state index in [-0.39, 0.29) is 23.3 Å². The van der Waals surface area contributed by atoms with Gasteiger partial charge in [0.05, 0.1) is 0 Å². The highest BCUT2D eigenvalue weighted by Gasteiger charge is 2.36. The van der Waals surface area contributed by atoms with E-state index in [0.717, 1.165) is 0 Å². The maximum atomic E-state index is 12.4. The van der Waals surface area contributed by atoms with E-state index in [0.29, 0.717) is 13.1 Å². The fourth-order valence-corrected chi connectivity index (χ4v) is 2.28. The van der Waals surface area contributed by atoms with Crippen LogP contribution in [0.15, 0.2) is 16.5 Å². The molecule has 7 heteroatoms. The molecule has 1 unspecified atom stereocenters. The second-order valence-corrected chi connectivity index (χ2v) is 4.95. The number of carbonyl (C=O) groups excluding carboxylic acids is 2. The van der Waals surface area contributed by atoms with Gasteiger partial charge in [0.1, 0.15) is 6.04 Å². The van der Waals surface area contributed by atoms with Gasteiger partial charge < -0.3 is 19.7 Å². The average molecular weight is 280 g/mol. The molecule has 2 N–H and O–H groups in total. The van der Waals surface area contributed by atoms with Crippen LogP contribution in [0.5, 0.6) is 0 Å². The molecule has 7 nitrogen and oxygen atoms in total. The third kappa shape index (κ3) is 2.52. The number of piperazine rings is 1. The molecule has 0 spiro atoms. The van der Waals surface area contributed by atoms with Gasteiger partial charge in [0.2, 0.25) is 11.7 Å². The van der Waals surface area contributed by atoms with E-state index in [2.05, 4.69) is 5.32 Å². The lowest BCUT2D eigenvalue weighted by Crippen LogP contribution is -2.59. The fraction of sp³-hybridized carbons (Fsp3) is 0.462. The Hall–Kier alpha value is -2.31. The maximum Gasteiger partial charge on any atom is 0.371 e. The summed E-state index contributed by atoms with van der Waals surface area (Å²) in [4.78, 5) is 36.4. The lowest BCUT2D eigenvalue weighted by Gasteiger charge is -2.36. The van der Waals surface area contributed by atoms with Crippen LogP contribution in [0.25, 0.3) is 0 Å². The van der Waals surface area contributed by atoms with Gasteiger partial charge in [-0.1, -0.05) is 13.8 Å². The van der Waals surface area contributed by atoms with Crippen LogP contribution in [-0.2, 0) is 4.79 Å². The molecule has 2 amide bonds. The number of carbonyl (C=O) groups is 3. The summed E-state index contributed by atoms with van der Waals surface area (Å²) < 4.78 is 5.00. The number of hydrogen-bond acceptors (Lipinski definition) is 4. The van der Waals surface area contributed by atoms with Gasteiger partial charge in [-0.3, -0.25) is 9.59 Å². The fourth-order valence-electron chi connectivity index (χ4n) is 2.28. The highest BCUT2D eigenvalue weighted by molar-refractivity contribution is 5.97. The van der Waals surface area contributed by atoms with Gasteiger partial charge in [-0.05, 0) is 18.1 Å². The van der Waals surface area contributed by atoms with E-state index < -0.39 is 17.9 Å². The van der Waals surface area contributed by atoms with E-state index in [9.17, 15) is 14.4 Å². The first-order chi connectivity index (χ1) is 9.41. The average Bonchev–Trinajstić information content (AvgIpc) is 2.86. The summed E-state index contributed by atoms with van der Waals surface area (Å²) in [6, 6.07) is 1.97. The molecule has 1 saturated heterocycles. The molecule has 108 valence electrons. The van der Waals surface area contributed by atoms with Crippen molar-refractivity contribution in [3.8, 4) is 0 Å². The molecule has 1 aromatic heterocycles. The molecule has 1 aliphatic rings. The number of amides is 2. The Morgan fingerprint density at radius 1 is 1.40 bits per heavy atom. The lowest BCUT2D eigenvalue weighted by atomic mass is 9.99. The summed E-state index contributed by atoms with van der Waals surface area (Å²) in [6.45, 7) is 4.44. The first-order valence-electron chi connectivity index (χ1n) is 6.33. The number of carboxylic acid groups (broad SMARTS) is 1. The van der Waals surface area contributed by atoms with Crippen LogP contribution in [0.3, 0.4) is 0 Å². The summed E-state index contributed by atoms with van der Waals surface area (Å²) in [7, 11) is 0. The molecule has 1 atom stereocenters. The first kappa shape index (κ1) is 14.1. The van der Waals surface area contributed by atoms with E-state index in [1.807, 2.05) is 13.8 Å². The van der Waals surface area contributed by atoms with Crippen molar-refractivity contribution in [3.05, 3.63) is 23.7 Å². The Morgan fingerprint density at radius 3 is 2.60 bits per heavy atom. The molecule has 1 fully saturated rings. The van der Waals surface area contributed by atoms with Crippen LogP contribution in [0.1, 0.15) is 35.0 Å². The van der Waals surface area contributed by atoms with Crippen molar-refractivity contribution in [1.82, 2.24) is 10.2 Å². The Labute approximate surface area is 115 Å². The predicted octanol–water partition coefficient (Wildman–Crippen LogP) is 0.574. The van der Waals surface area contributed by atoms with Gasteiger partial charge in [-0.25, -0.2) is 4.79 Å². The zero-order chi connectivity index (χ0) is 14.9. The summed E-state index contributed by atoms with van der Waals surface area (Å²) in [6.07, 6.45) is 0. The van der Waals surface area contributed by atoms with Crippen LogP contribution in [0.2, 0.25) is 0 Å². The second kappa shape index (κ2) is 5.36. The van der Waals surface area contributed by atoms with Gasteiger partial charge in [0, 0.05) is 13.1 Å². The normalized spacial score (nSPS) is 19.1. The molecule has 0 aromatic carbocycles. The standard InChI is InChI=1S/C13H16N2O5/c1-7(2)10-11(16)14-5-6-15(10)12(17)8-3-4-9(20-8)13(18)19/h3-4,7,10H,5-6H2,1-2H3,(H,14,16)(H,18,19). The SMILES string of the molecule is CC(C)C1C(=O)NCCN1C(=O)c1ccc(C(=O)O)o1. The van der Waals surface area contributed by atoms with Crippen molar-refractivity contribution >= 4 is 17.8 Å². The largest absolute Gasteiger partial charge is 0.475 e. The highest BCUT2D eigenvalue weighted by atomic mass is 16.4. The minimum Gasteiger partial charge on any atom is -0.475 e. The minimum absolute atomic E-state index is 0.0480. The molecule has 0 saturated carbocycles. The zero-order valence-electron chi connectivity index (χ0n) is 11.3. The quantitative estimate of drug-likeness (QED) is 0.843. The molecule has 1 aliphatic heterocycles. The predicted molar refractivity (Wildman–Crippen MR) is 68.3 cm³/mol. The number of nitrogens with one attached hydrogen (secondary N) is 1. The maximum absolute atomic E-state index is 12.4. The summed E-state index contributed by atoms with van der Waals surface area (Å²) in [5, 5.41) is 11.5. The van der Waals surface area contributed by atoms with Crippen LogP contribution in [-0.4, -0.2) is 46.9 Å². The first-order valence-corrected chi connectivity index (χ1v) is 6.33. The third-order valence-corrected chi connectivity index (χ3v) is 3.18. The lowest BCUT2D eigenvalue weighted by molar-refractivity contribution is -0.129. The van der Waals surface area contributed by atoms with E-state index in [1.165, 1.54) is 17.0 Å². The van der Waals surface area contributed by atoms with Crippen molar-refractivity contribution < 1.29 is 23.9 Å². The minimum atomic E-state index is -1.24. The van der Waals surface area contributed by atoms with Gasteiger partial charge in [-0.15, -0.1) is 0 Å². The van der Waals surface area contributed by atoms with Crippen LogP contribution < -0.4 is 5.32 Å². The van der Waals surface area contributed by atoms with Crippen molar-refractivity contribution in [1.29, 1.82) is 0 Å². The molecule has 20 heavy (non-hydrogen) atoms. The number of carboxylic acids is 1. The van der Waals surface area contributed by atoms with Crippen LogP contribution in [0, 0.1) is 5.92 Å². The monoisotopic (exact) mass is 280 g/mol. The molecule has 2 rings (SSSR count). The molecule has 0 aliphatic carbocycles. The van der Waals surface area contributed by atoms with Crippen molar-refractivity contribution in [2.75, 3.05) is 13.1 Å². The second-order valence-electron chi connectivity index (χ2n) is 4.95. The topological polar surface area (TPSA) is 99.9 Å². The molecular weight excluding hydrogens is 264 g/mol. The Morgan fingerprint density at radius 2 is 2.05 bits per heavy atom. The number of hydrogen-bond donors (Lipinski definition) is 2. The Balaban J connectivity index is 2.25. The smallest absolute Gasteiger partial charge is 0.371 e. The van der Waals surface area contributed by atoms with E-state index >= 15 is 0 Å². The van der Waals surface area contributed by atoms with Crippen molar-refractivity contribution in [3.63, 3.8) is 0 Å². The third-order valence-electron chi connectivity index (χ3n) is 3.18. The summed E-state index contributed by atoms with van der Waals surface area (Å²) in [5.74, 6) is -2.32. The number of rotatable bonds is 3. The van der Waals surface area contributed by atoms with Gasteiger partial charge >= 0.3 is 5.97 Å². The van der Waals surface area contributed by atoms with Crippen molar-refractivity contribution in [2.24, 2.45) is 5.92 Å². The van der Waals surface area contributed by atoms with E-state index in [1.54, 1.807) is 0 Å². The van der Waals surface area contributed by atoms with E-state index in [4.69, 9.17) is 9.52 Å². The summed E-state index contributed by atoms with van der Waals surface area (Å²) in [5.41, 5.74) is 0. The van der Waals surface area contributed by atoms with Crippen LogP contribution in [0.4, 0.5) is 0 Å². The zero-order valence-corrected chi connectivity index (χ0v) is 11.3. The molecule has 1 aromatic rings. The number of furan rings is 1. The Bertz CT molecular complexity index is 549. The van der Waals surface area contributed by atoms with Gasteiger partial charge in [0.25, 0.3) is 5.91 Å². The van der Waals surface area contributed by atoms with Gasteiger partial charge in [-0.2, -0.15) is 0 Å². The number of aromatic carboxylic acids is 1. The Kier molecular flexibility index (Phi) is 3.78. The van der Waals surface area contributed by atoms with Gasteiger partial charge in [0.15, 0.2) is 5.76 Å². The summed E-state index contributed by atoms with van der Waals surface area (Å²) >= 11 is 0. The molecule has 0 radical (unpaired) electrons. The molecular formula is C13H16N2O5. The number of nitrogens with zero attached hydrogens (tertiary/aromatic N) is 1. The van der Waals surface area contributed by atoms with Crippen molar-refractivity contribution in [2.45, 2.75) is 19.9 Å². The van der Waals surface area contributed by atoms with Crippen LogP contribution >= 0.6 is 0 Å².